The quantitative estimate of drug-likeness (QED) is 0.912. The summed E-state index contributed by atoms with van der Waals surface area (Å²) in [6.07, 6.45) is 4.28. The Bertz CT molecular complexity index is 739. The molecule has 1 N–H and O–H groups in total. The van der Waals surface area contributed by atoms with Gasteiger partial charge in [0.2, 0.25) is 5.89 Å². The highest BCUT2D eigenvalue weighted by Gasteiger charge is 2.40. The summed E-state index contributed by atoms with van der Waals surface area (Å²) in [6.45, 7) is 2.06. The van der Waals surface area contributed by atoms with Crippen molar-refractivity contribution in [1.82, 2.24) is 15.0 Å². The number of nitrogens with zero attached hydrogens (tertiary/aromatic N) is 3. The number of hydrogen-bond acceptors (Lipinski definition) is 6. The van der Waals surface area contributed by atoms with Crippen LogP contribution in [0.25, 0.3) is 0 Å². The minimum atomic E-state index is -0.550. The predicted octanol–water partition coefficient (Wildman–Crippen LogP) is 2.27. The van der Waals surface area contributed by atoms with E-state index < -0.39 is 6.10 Å². The molecular weight excluding hydrogens is 314 g/mol. The highest BCUT2D eigenvalue weighted by molar-refractivity contribution is 7.10. The summed E-state index contributed by atoms with van der Waals surface area (Å²) in [5, 5.41) is 15.8. The molecule has 0 aromatic carbocycles. The van der Waals surface area contributed by atoms with E-state index in [1.165, 1.54) is 16.9 Å². The fourth-order valence-electron chi connectivity index (χ4n) is 3.55. The van der Waals surface area contributed by atoms with Gasteiger partial charge in [0, 0.05) is 23.2 Å². The van der Waals surface area contributed by atoms with Crippen LogP contribution in [0.3, 0.4) is 0 Å². The summed E-state index contributed by atoms with van der Waals surface area (Å²) in [7, 11) is 0. The molecule has 0 bridgehead atoms. The van der Waals surface area contributed by atoms with Gasteiger partial charge in [-0.15, -0.1) is 11.3 Å². The van der Waals surface area contributed by atoms with Gasteiger partial charge < -0.3 is 14.5 Å². The lowest BCUT2D eigenvalue weighted by Crippen LogP contribution is -2.32. The van der Waals surface area contributed by atoms with Crippen molar-refractivity contribution in [2.75, 3.05) is 6.54 Å². The van der Waals surface area contributed by atoms with Gasteiger partial charge in [-0.05, 0) is 38.2 Å². The third kappa shape index (κ3) is 2.57. The zero-order chi connectivity index (χ0) is 16.0. The first-order valence-corrected chi connectivity index (χ1v) is 8.90. The molecule has 6 nitrogen and oxygen atoms in total. The minimum Gasteiger partial charge on any atom is -0.391 e. The Morgan fingerprint density at radius 2 is 2.26 bits per heavy atom. The van der Waals surface area contributed by atoms with E-state index in [0.717, 1.165) is 24.8 Å². The number of hydrogen-bond donors (Lipinski definition) is 1. The van der Waals surface area contributed by atoms with Crippen LogP contribution in [-0.2, 0) is 12.8 Å². The maximum absolute atomic E-state index is 13.0. The van der Waals surface area contributed by atoms with Gasteiger partial charge in [-0.3, -0.25) is 4.79 Å². The average molecular weight is 333 g/mol. The second-order valence-electron chi connectivity index (χ2n) is 6.30. The maximum Gasteiger partial charge on any atom is 0.255 e. The number of amides is 1. The molecule has 0 saturated carbocycles. The van der Waals surface area contributed by atoms with Crippen LogP contribution in [0.4, 0.5) is 0 Å². The van der Waals surface area contributed by atoms with Crippen molar-refractivity contribution in [1.29, 1.82) is 0 Å². The molecule has 0 radical (unpaired) electrons. The molecule has 1 saturated heterocycles. The fraction of sp³-hybridized carbons (Fsp3) is 0.562. The van der Waals surface area contributed by atoms with Crippen LogP contribution >= 0.6 is 11.3 Å². The number of carbonyl (C=O) groups is 1. The van der Waals surface area contributed by atoms with Crippen LogP contribution in [0.15, 0.2) is 9.90 Å². The molecule has 1 amide bonds. The molecular formula is C16H19N3O3S. The lowest BCUT2D eigenvalue weighted by molar-refractivity contribution is 0.0692. The third-order valence-electron chi connectivity index (χ3n) is 4.66. The van der Waals surface area contributed by atoms with Crippen molar-refractivity contribution < 1.29 is 14.4 Å². The zero-order valence-corrected chi connectivity index (χ0v) is 13.8. The van der Waals surface area contributed by atoms with Crippen molar-refractivity contribution in [3.05, 3.63) is 33.1 Å². The number of β-amino-alcohol motifs (C(OH)–C–C–N with tert-alkyl or cyclic N) is 1. The molecule has 4 rings (SSSR count). The number of aromatic nitrogens is 2. The van der Waals surface area contributed by atoms with Gasteiger partial charge in [-0.2, -0.15) is 4.98 Å². The van der Waals surface area contributed by atoms with E-state index in [-0.39, 0.29) is 11.9 Å². The lowest BCUT2D eigenvalue weighted by atomic mass is 9.95. The van der Waals surface area contributed by atoms with E-state index >= 15 is 0 Å². The van der Waals surface area contributed by atoms with E-state index in [2.05, 4.69) is 10.1 Å². The van der Waals surface area contributed by atoms with Crippen LogP contribution in [0.5, 0.6) is 0 Å². The van der Waals surface area contributed by atoms with E-state index in [4.69, 9.17) is 4.52 Å². The molecule has 1 fully saturated rings. The average Bonchev–Trinajstić information content (AvgIpc) is 3.24. The molecule has 1 aliphatic carbocycles. The summed E-state index contributed by atoms with van der Waals surface area (Å²) in [5.74, 6) is 0.931. The maximum atomic E-state index is 13.0. The van der Waals surface area contributed by atoms with Gasteiger partial charge in [-0.25, -0.2) is 0 Å². The van der Waals surface area contributed by atoms with Crippen molar-refractivity contribution in [2.45, 2.75) is 51.2 Å². The van der Waals surface area contributed by atoms with Crippen molar-refractivity contribution >= 4 is 17.2 Å². The topological polar surface area (TPSA) is 79.5 Å². The number of carbonyl (C=O) groups excluding carboxylic acids is 1. The summed E-state index contributed by atoms with van der Waals surface area (Å²) < 4.78 is 5.24. The van der Waals surface area contributed by atoms with Crippen molar-refractivity contribution in [3.63, 3.8) is 0 Å². The van der Waals surface area contributed by atoms with E-state index in [0.29, 0.717) is 24.7 Å². The summed E-state index contributed by atoms with van der Waals surface area (Å²) in [5.41, 5.74) is 1.99. The molecule has 7 heteroatoms. The third-order valence-corrected chi connectivity index (χ3v) is 5.75. The van der Waals surface area contributed by atoms with Gasteiger partial charge in [0.25, 0.3) is 5.91 Å². The molecule has 1 aliphatic heterocycles. The smallest absolute Gasteiger partial charge is 0.255 e. The van der Waals surface area contributed by atoms with Crippen LogP contribution < -0.4 is 0 Å². The summed E-state index contributed by atoms with van der Waals surface area (Å²) in [6, 6.07) is -0.335. The molecule has 23 heavy (non-hydrogen) atoms. The van der Waals surface area contributed by atoms with Crippen LogP contribution in [-0.4, -0.2) is 38.7 Å². The molecule has 122 valence electrons. The number of thiophene rings is 1. The fourth-order valence-corrected chi connectivity index (χ4v) is 4.67. The standard InChI is InChI=1S/C16H19N3O3S/c1-9-17-15(22-18-9)13-6-10(20)7-19(13)16(21)12-8-23-14-5-3-2-4-11(12)14/h8,10,13,20H,2-7H2,1H3/t10-,13-/m1/s1. The number of aliphatic hydroxyl groups excluding tert-OH is 1. The van der Waals surface area contributed by atoms with Crippen LogP contribution in [0, 0.1) is 6.92 Å². The molecule has 2 atom stereocenters. The first-order valence-electron chi connectivity index (χ1n) is 8.02. The minimum absolute atomic E-state index is 0.0261. The molecule has 3 heterocycles. The van der Waals surface area contributed by atoms with E-state index in [1.807, 2.05) is 5.38 Å². The van der Waals surface area contributed by atoms with Gasteiger partial charge in [0.05, 0.1) is 11.7 Å². The first kappa shape index (κ1) is 14.8. The van der Waals surface area contributed by atoms with Crippen molar-refractivity contribution in [3.8, 4) is 0 Å². The number of aryl methyl sites for hydroxylation is 2. The Hall–Kier alpha value is -1.73. The van der Waals surface area contributed by atoms with Gasteiger partial charge in [-0.1, -0.05) is 5.16 Å². The Morgan fingerprint density at radius 3 is 3.04 bits per heavy atom. The zero-order valence-electron chi connectivity index (χ0n) is 13.0. The highest BCUT2D eigenvalue weighted by Crippen LogP contribution is 2.36. The summed E-state index contributed by atoms with van der Waals surface area (Å²) in [4.78, 5) is 20.3. The highest BCUT2D eigenvalue weighted by atomic mass is 32.1. The monoisotopic (exact) mass is 333 g/mol. The van der Waals surface area contributed by atoms with E-state index in [9.17, 15) is 9.90 Å². The summed E-state index contributed by atoms with van der Waals surface area (Å²) >= 11 is 1.68. The van der Waals surface area contributed by atoms with E-state index in [1.54, 1.807) is 23.2 Å². The molecule has 2 aliphatic rings. The molecule has 0 unspecified atom stereocenters. The molecule has 0 spiro atoms. The number of likely N-dealkylation sites (tertiary alicyclic amines) is 1. The first-order chi connectivity index (χ1) is 11.1. The number of aliphatic hydroxyl groups is 1. The molecule has 2 aromatic heterocycles. The number of rotatable bonds is 2. The second-order valence-corrected chi connectivity index (χ2v) is 7.27. The van der Waals surface area contributed by atoms with Crippen LogP contribution in [0.1, 0.15) is 57.8 Å². The lowest BCUT2D eigenvalue weighted by Gasteiger charge is -2.22. The Balaban J connectivity index is 1.65. The van der Waals surface area contributed by atoms with Crippen molar-refractivity contribution in [2.24, 2.45) is 0 Å². The van der Waals surface area contributed by atoms with Gasteiger partial charge >= 0.3 is 0 Å². The normalized spacial score (nSPS) is 24.0. The largest absolute Gasteiger partial charge is 0.391 e. The molecule has 2 aromatic rings. The van der Waals surface area contributed by atoms with Crippen LogP contribution in [0.2, 0.25) is 0 Å². The van der Waals surface area contributed by atoms with Gasteiger partial charge in [0.15, 0.2) is 5.82 Å². The Kier molecular flexibility index (Phi) is 3.69. The Morgan fingerprint density at radius 1 is 1.43 bits per heavy atom. The predicted molar refractivity (Wildman–Crippen MR) is 84.4 cm³/mol. The number of fused-ring (bicyclic) bond motifs is 1. The SMILES string of the molecule is Cc1noc([C@H]2C[C@@H](O)CN2C(=O)c2csc3c2CCCC3)n1. The Labute approximate surface area is 138 Å². The van der Waals surface area contributed by atoms with Gasteiger partial charge in [0.1, 0.15) is 6.04 Å². The second kappa shape index (κ2) is 5.72.